The van der Waals surface area contributed by atoms with Crippen molar-refractivity contribution in [1.82, 2.24) is 39.5 Å². The molecule has 0 saturated heterocycles. The molecular formula is C24H33Cl3N10. The molecule has 4 aromatic heterocycles. The fraction of sp³-hybridized carbons (Fsp3) is 0.417. The molecule has 13 heteroatoms. The highest BCUT2D eigenvalue weighted by atomic mass is 35.5. The fourth-order valence-electron chi connectivity index (χ4n) is 3.03. The van der Waals surface area contributed by atoms with E-state index in [2.05, 4.69) is 77.0 Å². The lowest BCUT2D eigenvalue weighted by atomic mass is 10.1. The van der Waals surface area contributed by atoms with Crippen LogP contribution in [0.4, 0.5) is 17.5 Å². The Hall–Kier alpha value is -2.95. The molecule has 0 bridgehead atoms. The van der Waals surface area contributed by atoms with Gasteiger partial charge in [0.15, 0.2) is 0 Å². The minimum atomic E-state index is -0.0995. The van der Waals surface area contributed by atoms with Gasteiger partial charge >= 0.3 is 0 Å². The van der Waals surface area contributed by atoms with Crippen molar-refractivity contribution in [3.63, 3.8) is 0 Å². The van der Waals surface area contributed by atoms with Crippen LogP contribution in [0.15, 0.2) is 36.7 Å². The number of halogens is 3. The molecule has 0 amide bonds. The van der Waals surface area contributed by atoms with Gasteiger partial charge in [-0.25, -0.2) is 29.3 Å². The van der Waals surface area contributed by atoms with Crippen LogP contribution in [0, 0.1) is 13.8 Å². The summed E-state index contributed by atoms with van der Waals surface area (Å²) in [5.41, 5.74) is 7.12. The quantitative estimate of drug-likeness (QED) is 0.209. The molecule has 200 valence electrons. The van der Waals surface area contributed by atoms with Gasteiger partial charge in [0.1, 0.15) is 22.6 Å². The van der Waals surface area contributed by atoms with Gasteiger partial charge in [0.2, 0.25) is 10.6 Å². The number of nitrogens with one attached hydrogen (secondary N) is 1. The summed E-state index contributed by atoms with van der Waals surface area (Å²) in [6.07, 6.45) is 3.46. The van der Waals surface area contributed by atoms with Crippen LogP contribution < -0.4 is 11.1 Å². The highest BCUT2D eigenvalue weighted by Gasteiger charge is 2.18. The van der Waals surface area contributed by atoms with E-state index in [1.54, 1.807) is 36.1 Å². The number of aryl methyl sites for hydroxylation is 2. The third kappa shape index (κ3) is 9.79. The zero-order valence-corrected chi connectivity index (χ0v) is 24.5. The average Bonchev–Trinajstić information content (AvgIpc) is 3.35. The molecule has 10 nitrogen and oxygen atoms in total. The molecule has 0 aliphatic heterocycles. The highest BCUT2D eigenvalue weighted by molar-refractivity contribution is 6.31. The minimum absolute atomic E-state index is 0.00637. The van der Waals surface area contributed by atoms with Crippen molar-refractivity contribution in [3.8, 4) is 0 Å². The molecule has 4 heterocycles. The van der Waals surface area contributed by atoms with Gasteiger partial charge in [-0.3, -0.25) is 0 Å². The van der Waals surface area contributed by atoms with Crippen LogP contribution in [0.3, 0.4) is 0 Å². The molecule has 0 fully saturated rings. The summed E-state index contributed by atoms with van der Waals surface area (Å²) in [6, 6.07) is 7.18. The predicted molar refractivity (Wildman–Crippen MR) is 151 cm³/mol. The van der Waals surface area contributed by atoms with E-state index in [4.69, 9.17) is 40.5 Å². The third-order valence-electron chi connectivity index (χ3n) is 4.46. The van der Waals surface area contributed by atoms with Gasteiger partial charge in [-0.2, -0.15) is 10.2 Å². The van der Waals surface area contributed by atoms with Gasteiger partial charge in [-0.15, -0.1) is 0 Å². The molecule has 4 aromatic rings. The Kier molecular flexibility index (Phi) is 10.3. The van der Waals surface area contributed by atoms with Gasteiger partial charge in [0, 0.05) is 23.5 Å². The smallest absolute Gasteiger partial charge is 0.224 e. The summed E-state index contributed by atoms with van der Waals surface area (Å²) in [7, 11) is 0. The van der Waals surface area contributed by atoms with E-state index in [0.717, 1.165) is 17.2 Å². The van der Waals surface area contributed by atoms with E-state index in [0.29, 0.717) is 16.8 Å². The molecule has 0 radical (unpaired) electrons. The van der Waals surface area contributed by atoms with Gasteiger partial charge in [-0.1, -0.05) is 11.6 Å². The number of nitrogen functional groups attached to an aromatic ring is 1. The Morgan fingerprint density at radius 1 is 0.730 bits per heavy atom. The summed E-state index contributed by atoms with van der Waals surface area (Å²) >= 11 is 16.8. The molecule has 3 N–H and O–H groups in total. The zero-order valence-electron chi connectivity index (χ0n) is 22.3. The van der Waals surface area contributed by atoms with E-state index in [9.17, 15) is 0 Å². The second-order valence-electron chi connectivity index (χ2n) is 10.0. The molecule has 0 aliphatic rings. The molecule has 0 aromatic carbocycles. The molecule has 0 spiro atoms. The highest BCUT2D eigenvalue weighted by Crippen LogP contribution is 2.22. The first-order chi connectivity index (χ1) is 17.1. The van der Waals surface area contributed by atoms with E-state index >= 15 is 0 Å². The van der Waals surface area contributed by atoms with Crippen molar-refractivity contribution in [2.24, 2.45) is 0 Å². The number of nitrogens with zero attached hydrogens (tertiary/aromatic N) is 8. The van der Waals surface area contributed by atoms with E-state index in [1.807, 2.05) is 23.7 Å². The Morgan fingerprint density at radius 3 is 1.68 bits per heavy atom. The summed E-state index contributed by atoms with van der Waals surface area (Å²) in [6.45, 7) is 16.1. The van der Waals surface area contributed by atoms with E-state index in [1.165, 1.54) is 0 Å². The normalized spacial score (nSPS) is 11.2. The number of anilines is 3. The van der Waals surface area contributed by atoms with Crippen LogP contribution in [-0.2, 0) is 11.1 Å². The van der Waals surface area contributed by atoms with Gasteiger partial charge in [0.25, 0.3) is 0 Å². The molecular weight excluding hydrogens is 535 g/mol. The molecule has 0 saturated carbocycles. The molecule has 0 aliphatic carbocycles. The van der Waals surface area contributed by atoms with Crippen molar-refractivity contribution < 1.29 is 0 Å². The minimum Gasteiger partial charge on any atom is -0.384 e. The lowest BCUT2D eigenvalue weighted by molar-refractivity contribution is 0.361. The monoisotopic (exact) mass is 566 g/mol. The number of hydrogen-bond donors (Lipinski definition) is 2. The molecule has 0 atom stereocenters. The van der Waals surface area contributed by atoms with Crippen LogP contribution in [0.2, 0.25) is 15.7 Å². The standard InChI is InChI=1S/C12H16ClN5.C7H13N3.C5H4Cl2N2/c1-8-7-9(17-11(13)15-8)16-10-5-6-14-18(10)12(2,3)4;1-7(2,3)10-6(8)4-5-9-10;1-3-2-4(6)9-5(7)8-3/h5-7H,1-4H3,(H,15,16,17);4-5H,8H2,1-3H3;2H,1H3. The number of rotatable bonds is 2. The summed E-state index contributed by atoms with van der Waals surface area (Å²) in [5, 5.41) is 12.4. The average molecular weight is 568 g/mol. The zero-order chi connectivity index (χ0) is 28.0. The lowest BCUT2D eigenvalue weighted by Crippen LogP contribution is -2.24. The van der Waals surface area contributed by atoms with Gasteiger partial charge < -0.3 is 11.1 Å². The SMILES string of the molecule is CC(C)(C)n1nccc1N.Cc1cc(Cl)nc(Cl)n1.Cc1cc(Nc2ccnn2C(C)(C)C)nc(Cl)n1. The lowest BCUT2D eigenvalue weighted by Gasteiger charge is -2.22. The van der Waals surface area contributed by atoms with Crippen molar-refractivity contribution in [2.45, 2.75) is 66.5 Å². The van der Waals surface area contributed by atoms with Gasteiger partial charge in [-0.05, 0) is 90.7 Å². The Morgan fingerprint density at radius 2 is 1.24 bits per heavy atom. The number of nitrogens with two attached hydrogens (primary N) is 1. The van der Waals surface area contributed by atoms with E-state index < -0.39 is 0 Å². The topological polar surface area (TPSA) is 125 Å². The van der Waals surface area contributed by atoms with Crippen molar-refractivity contribution >= 4 is 52.3 Å². The van der Waals surface area contributed by atoms with Crippen LogP contribution in [-0.4, -0.2) is 39.5 Å². The maximum Gasteiger partial charge on any atom is 0.224 e. The first kappa shape index (κ1) is 30.3. The molecule has 37 heavy (non-hydrogen) atoms. The number of hydrogen-bond acceptors (Lipinski definition) is 8. The predicted octanol–water partition coefficient (Wildman–Crippen LogP) is 6.45. The fourth-order valence-corrected chi connectivity index (χ4v) is 3.76. The van der Waals surface area contributed by atoms with Crippen LogP contribution in [0.25, 0.3) is 0 Å². The first-order valence-electron chi connectivity index (χ1n) is 11.4. The third-order valence-corrected chi connectivity index (χ3v) is 5.00. The maximum absolute atomic E-state index is 5.84. The largest absolute Gasteiger partial charge is 0.384 e. The number of aromatic nitrogens is 8. The van der Waals surface area contributed by atoms with Crippen LogP contribution >= 0.6 is 34.8 Å². The molecule has 0 unspecified atom stereocenters. The Bertz CT molecular complexity index is 1230. The second kappa shape index (κ2) is 12.5. The summed E-state index contributed by atoms with van der Waals surface area (Å²) in [5.74, 6) is 2.25. The van der Waals surface area contributed by atoms with Gasteiger partial charge in [0.05, 0.1) is 23.5 Å². The Labute approximate surface area is 232 Å². The van der Waals surface area contributed by atoms with Crippen molar-refractivity contribution in [1.29, 1.82) is 0 Å². The summed E-state index contributed by atoms with van der Waals surface area (Å²) < 4.78 is 3.70. The maximum atomic E-state index is 5.84. The van der Waals surface area contributed by atoms with Crippen LogP contribution in [0.1, 0.15) is 52.9 Å². The van der Waals surface area contributed by atoms with Crippen LogP contribution in [0.5, 0.6) is 0 Å². The molecule has 4 rings (SSSR count). The van der Waals surface area contributed by atoms with Crippen molar-refractivity contribution in [3.05, 3.63) is 63.8 Å². The second-order valence-corrected chi connectivity index (χ2v) is 11.1. The Balaban J connectivity index is 0.000000214. The van der Waals surface area contributed by atoms with Crippen molar-refractivity contribution in [2.75, 3.05) is 11.1 Å². The van der Waals surface area contributed by atoms with E-state index in [-0.39, 0.29) is 21.6 Å². The first-order valence-corrected chi connectivity index (χ1v) is 12.5. The summed E-state index contributed by atoms with van der Waals surface area (Å²) in [4.78, 5) is 15.6.